The molecule has 0 unspecified atom stereocenters. The lowest BCUT2D eigenvalue weighted by Crippen LogP contribution is -2.07. The first kappa shape index (κ1) is 17.4. The highest BCUT2D eigenvalue weighted by Gasteiger charge is 2.04. The van der Waals surface area contributed by atoms with Crippen molar-refractivity contribution in [3.8, 4) is 17.2 Å². The van der Waals surface area contributed by atoms with Gasteiger partial charge in [0, 0.05) is 17.8 Å². The number of carbonyl (C=O) groups is 1. The van der Waals surface area contributed by atoms with Gasteiger partial charge < -0.3 is 19.5 Å². The van der Waals surface area contributed by atoms with E-state index in [-0.39, 0.29) is 5.91 Å². The van der Waals surface area contributed by atoms with Gasteiger partial charge in [-0.3, -0.25) is 4.79 Å². The molecule has 2 aromatic rings. The number of carbonyl (C=O) groups excluding carboxylic acids is 1. The second kappa shape index (κ2) is 8.62. The monoisotopic (exact) mass is 327 g/mol. The Morgan fingerprint density at radius 1 is 1.08 bits per heavy atom. The van der Waals surface area contributed by atoms with Gasteiger partial charge in [0.2, 0.25) is 5.91 Å². The molecule has 5 nitrogen and oxygen atoms in total. The Hall–Kier alpha value is -2.95. The average Bonchev–Trinajstić information content (AvgIpc) is 2.61. The van der Waals surface area contributed by atoms with Crippen molar-refractivity contribution in [2.45, 2.75) is 6.92 Å². The van der Waals surface area contributed by atoms with E-state index in [0.29, 0.717) is 29.5 Å². The SMILES string of the molecule is CCOc1ccc(C=CC(=O)Nc2cccc(OC)c2)cc1OC. The van der Waals surface area contributed by atoms with Crippen molar-refractivity contribution in [2.24, 2.45) is 0 Å². The van der Waals surface area contributed by atoms with Crippen LogP contribution in [0.2, 0.25) is 0 Å². The van der Waals surface area contributed by atoms with Gasteiger partial charge in [0.1, 0.15) is 5.75 Å². The standard InChI is InChI=1S/C19H21NO4/c1-4-24-17-10-8-14(12-18(17)23-3)9-11-19(21)20-15-6-5-7-16(13-15)22-2/h5-13H,4H2,1-3H3,(H,20,21). The number of methoxy groups -OCH3 is 2. The number of benzene rings is 2. The highest BCUT2D eigenvalue weighted by atomic mass is 16.5. The van der Waals surface area contributed by atoms with Crippen LogP contribution in [0.25, 0.3) is 6.08 Å². The van der Waals surface area contributed by atoms with E-state index in [2.05, 4.69) is 5.32 Å². The van der Waals surface area contributed by atoms with Crippen molar-refractivity contribution in [1.29, 1.82) is 0 Å². The number of amides is 1. The molecule has 5 heteroatoms. The number of hydrogen-bond acceptors (Lipinski definition) is 4. The van der Waals surface area contributed by atoms with E-state index in [0.717, 1.165) is 5.56 Å². The van der Waals surface area contributed by atoms with Gasteiger partial charge in [-0.2, -0.15) is 0 Å². The Bertz CT molecular complexity index is 725. The van der Waals surface area contributed by atoms with E-state index in [1.807, 2.05) is 37.3 Å². The van der Waals surface area contributed by atoms with Gasteiger partial charge in [-0.15, -0.1) is 0 Å². The lowest BCUT2D eigenvalue weighted by molar-refractivity contribution is -0.111. The van der Waals surface area contributed by atoms with Crippen LogP contribution < -0.4 is 19.5 Å². The molecule has 2 rings (SSSR count). The Morgan fingerprint density at radius 3 is 2.62 bits per heavy atom. The number of hydrogen-bond donors (Lipinski definition) is 1. The van der Waals surface area contributed by atoms with Crippen LogP contribution in [0.4, 0.5) is 5.69 Å². The summed E-state index contributed by atoms with van der Waals surface area (Å²) in [6.45, 7) is 2.48. The molecule has 0 aliphatic carbocycles. The molecular formula is C19H21NO4. The molecule has 1 N–H and O–H groups in total. The number of nitrogens with one attached hydrogen (secondary N) is 1. The van der Waals surface area contributed by atoms with Crippen LogP contribution in [0, 0.1) is 0 Å². The summed E-state index contributed by atoms with van der Waals surface area (Å²) in [6.07, 6.45) is 3.18. The van der Waals surface area contributed by atoms with Crippen molar-refractivity contribution in [3.05, 3.63) is 54.1 Å². The van der Waals surface area contributed by atoms with Gasteiger partial charge in [-0.1, -0.05) is 12.1 Å². The molecule has 0 saturated heterocycles. The van der Waals surface area contributed by atoms with Gasteiger partial charge >= 0.3 is 0 Å². The van der Waals surface area contributed by atoms with E-state index < -0.39 is 0 Å². The van der Waals surface area contributed by atoms with Crippen molar-refractivity contribution in [3.63, 3.8) is 0 Å². The van der Waals surface area contributed by atoms with E-state index in [9.17, 15) is 4.79 Å². The molecule has 0 bridgehead atoms. The highest BCUT2D eigenvalue weighted by Crippen LogP contribution is 2.28. The fraction of sp³-hybridized carbons (Fsp3) is 0.211. The topological polar surface area (TPSA) is 56.8 Å². The molecule has 0 radical (unpaired) electrons. The summed E-state index contributed by atoms with van der Waals surface area (Å²) in [6, 6.07) is 12.7. The molecule has 1 amide bonds. The van der Waals surface area contributed by atoms with E-state index >= 15 is 0 Å². The van der Waals surface area contributed by atoms with Crippen molar-refractivity contribution in [1.82, 2.24) is 0 Å². The summed E-state index contributed by atoms with van der Waals surface area (Å²) in [4.78, 5) is 12.0. The predicted octanol–water partition coefficient (Wildman–Crippen LogP) is 3.75. The van der Waals surface area contributed by atoms with Crippen molar-refractivity contribution >= 4 is 17.7 Å². The van der Waals surface area contributed by atoms with E-state index in [4.69, 9.17) is 14.2 Å². The highest BCUT2D eigenvalue weighted by molar-refractivity contribution is 6.02. The quantitative estimate of drug-likeness (QED) is 0.787. The first-order valence-electron chi connectivity index (χ1n) is 7.60. The third kappa shape index (κ3) is 4.78. The smallest absolute Gasteiger partial charge is 0.248 e. The molecule has 0 aliphatic heterocycles. The number of ether oxygens (including phenoxy) is 3. The summed E-state index contributed by atoms with van der Waals surface area (Å²) in [5, 5.41) is 2.79. The molecule has 24 heavy (non-hydrogen) atoms. The first-order valence-corrected chi connectivity index (χ1v) is 7.60. The second-order valence-corrected chi connectivity index (χ2v) is 4.90. The first-order chi connectivity index (χ1) is 11.7. The van der Waals surface area contributed by atoms with Gasteiger partial charge in [-0.05, 0) is 42.8 Å². The third-order valence-corrected chi connectivity index (χ3v) is 3.25. The minimum Gasteiger partial charge on any atom is -0.497 e. The minimum absolute atomic E-state index is 0.226. The summed E-state index contributed by atoms with van der Waals surface area (Å²) in [5.41, 5.74) is 1.52. The zero-order valence-electron chi connectivity index (χ0n) is 14.0. The normalized spacial score (nSPS) is 10.5. The lowest BCUT2D eigenvalue weighted by atomic mass is 10.2. The van der Waals surface area contributed by atoms with Crippen LogP contribution in [0.15, 0.2) is 48.5 Å². The maximum atomic E-state index is 12.0. The maximum absolute atomic E-state index is 12.0. The maximum Gasteiger partial charge on any atom is 0.248 e. The Balaban J connectivity index is 2.05. The van der Waals surface area contributed by atoms with Crippen molar-refractivity contribution < 1.29 is 19.0 Å². The molecule has 126 valence electrons. The molecule has 0 fully saturated rings. The van der Waals surface area contributed by atoms with Crippen LogP contribution >= 0.6 is 0 Å². The Morgan fingerprint density at radius 2 is 1.92 bits per heavy atom. The zero-order valence-corrected chi connectivity index (χ0v) is 14.0. The molecular weight excluding hydrogens is 306 g/mol. The summed E-state index contributed by atoms with van der Waals surface area (Å²) in [5.74, 6) is 1.77. The fourth-order valence-electron chi connectivity index (χ4n) is 2.12. The lowest BCUT2D eigenvalue weighted by Gasteiger charge is -2.09. The van der Waals surface area contributed by atoms with Crippen LogP contribution in [-0.2, 0) is 4.79 Å². The minimum atomic E-state index is -0.226. The molecule has 2 aromatic carbocycles. The molecule has 0 heterocycles. The van der Waals surface area contributed by atoms with Gasteiger partial charge in [0.25, 0.3) is 0 Å². The summed E-state index contributed by atoms with van der Waals surface area (Å²) in [7, 11) is 3.17. The van der Waals surface area contributed by atoms with E-state index in [1.165, 1.54) is 6.08 Å². The number of rotatable bonds is 7. The van der Waals surface area contributed by atoms with Crippen molar-refractivity contribution in [2.75, 3.05) is 26.1 Å². The molecule has 0 spiro atoms. The molecule has 0 saturated carbocycles. The van der Waals surface area contributed by atoms with Crippen LogP contribution in [0.3, 0.4) is 0 Å². The van der Waals surface area contributed by atoms with Crippen LogP contribution in [0.1, 0.15) is 12.5 Å². The van der Waals surface area contributed by atoms with Gasteiger partial charge in [-0.25, -0.2) is 0 Å². The zero-order chi connectivity index (χ0) is 17.4. The van der Waals surface area contributed by atoms with Crippen LogP contribution in [0.5, 0.6) is 17.2 Å². The molecule has 0 atom stereocenters. The second-order valence-electron chi connectivity index (χ2n) is 4.90. The largest absolute Gasteiger partial charge is 0.497 e. The third-order valence-electron chi connectivity index (χ3n) is 3.25. The Kier molecular flexibility index (Phi) is 6.25. The molecule has 0 aliphatic rings. The Labute approximate surface area is 141 Å². The number of anilines is 1. The summed E-state index contributed by atoms with van der Waals surface area (Å²) < 4.78 is 15.9. The molecule has 0 aromatic heterocycles. The van der Waals surface area contributed by atoms with E-state index in [1.54, 1.807) is 32.4 Å². The fourth-order valence-corrected chi connectivity index (χ4v) is 2.12. The average molecular weight is 327 g/mol. The predicted molar refractivity (Wildman–Crippen MR) is 94.8 cm³/mol. The van der Waals surface area contributed by atoms with Gasteiger partial charge in [0.05, 0.1) is 20.8 Å². The summed E-state index contributed by atoms with van der Waals surface area (Å²) >= 11 is 0. The van der Waals surface area contributed by atoms with Gasteiger partial charge in [0.15, 0.2) is 11.5 Å². The van der Waals surface area contributed by atoms with Crippen LogP contribution in [-0.4, -0.2) is 26.7 Å².